The van der Waals surface area contributed by atoms with Crippen molar-refractivity contribution in [1.29, 1.82) is 0 Å². The number of carbonyl (C=O) groups is 1. The number of aryl methyl sites for hydroxylation is 2. The highest BCUT2D eigenvalue weighted by Gasteiger charge is 2.36. The monoisotopic (exact) mass is 621 g/mol. The maximum absolute atomic E-state index is 13.9. The van der Waals surface area contributed by atoms with Crippen LogP contribution in [0.15, 0.2) is 36.4 Å². The predicted octanol–water partition coefficient (Wildman–Crippen LogP) is 8.28. The second-order valence-corrected chi connectivity index (χ2v) is 14.6. The van der Waals surface area contributed by atoms with Gasteiger partial charge in [-0.3, -0.25) is 9.88 Å². The van der Waals surface area contributed by atoms with Gasteiger partial charge < -0.3 is 14.7 Å². The minimum atomic E-state index is -1.15. The van der Waals surface area contributed by atoms with E-state index in [0.717, 1.165) is 73.5 Å². The van der Waals surface area contributed by atoms with Crippen molar-refractivity contribution in [2.45, 2.75) is 92.5 Å². The number of benzene rings is 2. The maximum Gasteiger partial charge on any atom is 0.337 e. The van der Waals surface area contributed by atoms with Crippen molar-refractivity contribution in [2.24, 2.45) is 5.41 Å². The van der Waals surface area contributed by atoms with Crippen molar-refractivity contribution in [2.75, 3.05) is 24.5 Å². The Morgan fingerprint density at radius 3 is 2.43 bits per heavy atom. The van der Waals surface area contributed by atoms with Crippen LogP contribution in [0.5, 0.6) is 0 Å². The molecule has 0 amide bonds. The summed E-state index contributed by atoms with van der Waals surface area (Å²) in [5.41, 5.74) is 8.01. The van der Waals surface area contributed by atoms with Crippen LogP contribution in [0, 0.1) is 25.1 Å². The molecule has 0 aliphatic carbocycles. The minimum absolute atomic E-state index is 0.232. The van der Waals surface area contributed by atoms with Gasteiger partial charge in [-0.25, -0.2) is 9.18 Å². The molecule has 0 saturated carbocycles. The fourth-order valence-corrected chi connectivity index (χ4v) is 6.74. The summed E-state index contributed by atoms with van der Waals surface area (Å²) in [6.07, 6.45) is 1.73. The molecule has 5 rings (SSSR count). The molecule has 1 N–H and O–H groups in total. The summed E-state index contributed by atoms with van der Waals surface area (Å²) < 4.78 is 20.1. The third-order valence-electron chi connectivity index (χ3n) is 8.96. The molecule has 1 atom stereocenters. The quantitative estimate of drug-likeness (QED) is 0.286. The Morgan fingerprint density at radius 2 is 1.77 bits per heavy atom. The Balaban J connectivity index is 1.57. The van der Waals surface area contributed by atoms with E-state index in [1.165, 1.54) is 23.3 Å². The summed E-state index contributed by atoms with van der Waals surface area (Å²) in [5.74, 6) is -1.29. The Bertz CT molecular complexity index is 1560. The molecule has 1 aromatic heterocycles. The number of anilines is 1. The van der Waals surface area contributed by atoms with Crippen molar-refractivity contribution in [3.63, 3.8) is 0 Å². The van der Waals surface area contributed by atoms with Crippen LogP contribution in [-0.4, -0.2) is 46.2 Å². The molecule has 1 fully saturated rings. The van der Waals surface area contributed by atoms with Crippen LogP contribution in [-0.2, 0) is 29.0 Å². The molecule has 0 spiro atoms. The number of aliphatic carboxylic acids is 1. The van der Waals surface area contributed by atoms with Gasteiger partial charge in [0.15, 0.2) is 6.10 Å². The Kier molecular flexibility index (Phi) is 9.14. The van der Waals surface area contributed by atoms with Crippen molar-refractivity contribution < 1.29 is 19.0 Å². The van der Waals surface area contributed by atoms with Gasteiger partial charge in [0.1, 0.15) is 5.82 Å². The largest absolute Gasteiger partial charge is 0.479 e. The first-order valence-electron chi connectivity index (χ1n) is 15.6. The first-order chi connectivity index (χ1) is 20.6. The lowest BCUT2D eigenvalue weighted by molar-refractivity contribution is -0.160. The zero-order chi connectivity index (χ0) is 32.0. The smallest absolute Gasteiger partial charge is 0.337 e. The topological polar surface area (TPSA) is 65.9 Å². The van der Waals surface area contributed by atoms with Gasteiger partial charge >= 0.3 is 5.97 Å². The van der Waals surface area contributed by atoms with E-state index >= 15 is 0 Å². The highest BCUT2D eigenvalue weighted by atomic mass is 35.5. The lowest BCUT2D eigenvalue weighted by atomic mass is 9.81. The molecule has 0 bridgehead atoms. The van der Waals surface area contributed by atoms with Crippen molar-refractivity contribution >= 4 is 23.3 Å². The molecule has 1 saturated heterocycles. The van der Waals surface area contributed by atoms with E-state index in [1.54, 1.807) is 6.07 Å². The van der Waals surface area contributed by atoms with Gasteiger partial charge in [-0.1, -0.05) is 43.6 Å². The number of hydrogen-bond donors (Lipinski definition) is 1. The van der Waals surface area contributed by atoms with Crippen molar-refractivity contribution in [3.8, 4) is 11.1 Å². The third-order valence-corrected chi connectivity index (χ3v) is 9.33. The Morgan fingerprint density at radius 1 is 1.07 bits per heavy atom. The lowest BCUT2D eigenvalue weighted by Gasteiger charge is -2.41. The van der Waals surface area contributed by atoms with Gasteiger partial charge in [-0.05, 0) is 99.7 Å². The minimum Gasteiger partial charge on any atom is -0.479 e. The second kappa shape index (κ2) is 12.4. The Labute approximate surface area is 266 Å². The number of rotatable bonds is 7. The van der Waals surface area contributed by atoms with Crippen LogP contribution < -0.4 is 4.90 Å². The number of nitrogens with zero attached hydrogens (tertiary/aromatic N) is 3. The van der Waals surface area contributed by atoms with E-state index in [-0.39, 0.29) is 11.2 Å². The predicted molar refractivity (Wildman–Crippen MR) is 175 cm³/mol. The standard InChI is InChI=1S/C36H45ClFN3O3/c1-22-30(25-8-9-26-20-40(15-12-24(26)18-25)21-27-19-28(38)10-11-29(27)37)32(41-16-13-36(6,7)14-17-41)31(23(2)39-22)33(34(42)43)44-35(3,4)5/h8-11,18-19,33H,12-17,20-21H2,1-7H3,(H,42,43)/t33-/m0/s1. The number of carboxylic acids is 1. The number of ether oxygens (including phenoxy) is 1. The van der Waals surface area contributed by atoms with E-state index in [9.17, 15) is 14.3 Å². The fourth-order valence-electron chi connectivity index (χ4n) is 6.56. The average molecular weight is 622 g/mol. The van der Waals surface area contributed by atoms with E-state index in [2.05, 4.69) is 41.8 Å². The fraction of sp³-hybridized carbons (Fsp3) is 0.500. The second-order valence-electron chi connectivity index (χ2n) is 14.2. The SMILES string of the molecule is Cc1nc(C)c([C@H](OC(C)(C)C)C(=O)O)c(N2CCC(C)(C)CC2)c1-c1ccc2c(c1)CCN(Cc1cc(F)ccc1Cl)C2. The van der Waals surface area contributed by atoms with Crippen LogP contribution in [0.25, 0.3) is 11.1 Å². The zero-order valence-electron chi connectivity index (χ0n) is 27.1. The number of aromatic nitrogens is 1. The van der Waals surface area contributed by atoms with Gasteiger partial charge in [0.05, 0.1) is 11.3 Å². The molecule has 6 nitrogen and oxygen atoms in total. The van der Waals surface area contributed by atoms with Gasteiger partial charge in [0.2, 0.25) is 0 Å². The summed E-state index contributed by atoms with van der Waals surface area (Å²) >= 11 is 6.37. The molecule has 8 heteroatoms. The summed E-state index contributed by atoms with van der Waals surface area (Å²) in [7, 11) is 0. The average Bonchev–Trinajstić information content (AvgIpc) is 2.93. The third kappa shape index (κ3) is 7.11. The van der Waals surface area contributed by atoms with Gasteiger partial charge in [-0.2, -0.15) is 0 Å². The molecule has 3 aromatic rings. The van der Waals surface area contributed by atoms with Gasteiger partial charge in [0.25, 0.3) is 0 Å². The molecule has 2 aliphatic rings. The lowest BCUT2D eigenvalue weighted by Crippen LogP contribution is -2.39. The van der Waals surface area contributed by atoms with E-state index in [4.69, 9.17) is 21.3 Å². The molecule has 44 heavy (non-hydrogen) atoms. The molecule has 2 aromatic carbocycles. The van der Waals surface area contributed by atoms with E-state index in [0.29, 0.717) is 22.8 Å². The zero-order valence-corrected chi connectivity index (χ0v) is 27.8. The summed E-state index contributed by atoms with van der Waals surface area (Å²) in [4.78, 5) is 22.4. The molecular weight excluding hydrogens is 577 g/mol. The molecular formula is C36H45ClFN3O3. The number of pyridine rings is 1. The number of halogens is 2. The highest BCUT2D eigenvalue weighted by Crippen LogP contribution is 2.45. The van der Waals surface area contributed by atoms with Crippen LogP contribution in [0.3, 0.4) is 0 Å². The van der Waals surface area contributed by atoms with E-state index in [1.807, 2.05) is 34.6 Å². The first kappa shape index (κ1) is 32.4. The number of fused-ring (bicyclic) bond motifs is 1. The highest BCUT2D eigenvalue weighted by molar-refractivity contribution is 6.31. The van der Waals surface area contributed by atoms with Gasteiger partial charge in [-0.15, -0.1) is 0 Å². The van der Waals surface area contributed by atoms with E-state index < -0.39 is 17.7 Å². The maximum atomic E-state index is 13.9. The number of piperidine rings is 1. The molecule has 0 unspecified atom stereocenters. The van der Waals surface area contributed by atoms with Crippen LogP contribution >= 0.6 is 11.6 Å². The van der Waals surface area contributed by atoms with Crippen LogP contribution in [0.4, 0.5) is 10.1 Å². The molecule has 3 heterocycles. The molecule has 0 radical (unpaired) electrons. The first-order valence-corrected chi connectivity index (χ1v) is 15.9. The number of hydrogen-bond acceptors (Lipinski definition) is 5. The normalized spacial score (nSPS) is 17.8. The Hall–Kier alpha value is -3.00. The molecule has 2 aliphatic heterocycles. The number of carboxylic acid groups (broad SMARTS) is 1. The van der Waals surface area contributed by atoms with Crippen molar-refractivity contribution in [1.82, 2.24) is 9.88 Å². The van der Waals surface area contributed by atoms with Crippen LogP contribution in [0.2, 0.25) is 5.02 Å². The van der Waals surface area contributed by atoms with Gasteiger partial charge in [0, 0.05) is 60.3 Å². The molecule has 236 valence electrons. The summed E-state index contributed by atoms with van der Waals surface area (Å²) in [6, 6.07) is 11.1. The van der Waals surface area contributed by atoms with Crippen LogP contribution in [0.1, 0.15) is 87.2 Å². The summed E-state index contributed by atoms with van der Waals surface area (Å²) in [6.45, 7) is 18.0. The summed E-state index contributed by atoms with van der Waals surface area (Å²) in [5, 5.41) is 11.0. The van der Waals surface area contributed by atoms with Crippen molar-refractivity contribution in [3.05, 3.63) is 80.9 Å².